The highest BCUT2D eigenvalue weighted by molar-refractivity contribution is 6.01. The number of benzene rings is 2. The number of fused-ring (bicyclic) bond motifs is 1. The maximum absolute atomic E-state index is 12.8. The molecule has 0 bridgehead atoms. The largest absolute Gasteiger partial charge is 0.324 e. The molecule has 4 rings (SSSR count). The Kier molecular flexibility index (Phi) is 5.56. The molecule has 0 radical (unpaired) electrons. The van der Waals surface area contributed by atoms with Crippen LogP contribution in [0.25, 0.3) is 10.9 Å². The van der Waals surface area contributed by atoms with Gasteiger partial charge in [-0.15, -0.1) is 0 Å². The quantitative estimate of drug-likeness (QED) is 0.709. The SMILES string of the molecule is CN(C(=O)C1CCC(C(=O)Nc2cccc3cccnc23)CC1)c1ccccc1. The molecular weight excluding hydrogens is 362 g/mol. The highest BCUT2D eigenvalue weighted by Crippen LogP contribution is 2.32. The van der Waals surface area contributed by atoms with E-state index in [0.717, 1.165) is 48.0 Å². The van der Waals surface area contributed by atoms with Gasteiger partial charge in [-0.2, -0.15) is 0 Å². The topological polar surface area (TPSA) is 62.3 Å². The summed E-state index contributed by atoms with van der Waals surface area (Å²) in [5, 5.41) is 4.05. The van der Waals surface area contributed by atoms with Crippen molar-refractivity contribution in [3.05, 3.63) is 66.9 Å². The molecule has 1 N–H and O–H groups in total. The summed E-state index contributed by atoms with van der Waals surface area (Å²) in [5.74, 6) is 0.0577. The molecule has 2 amide bonds. The van der Waals surface area contributed by atoms with Crippen LogP contribution in [-0.2, 0) is 9.59 Å². The predicted octanol–water partition coefficient (Wildman–Crippen LogP) is 4.64. The van der Waals surface area contributed by atoms with Crippen LogP contribution in [-0.4, -0.2) is 23.8 Å². The third-order valence-electron chi connectivity index (χ3n) is 5.81. The van der Waals surface area contributed by atoms with Crippen molar-refractivity contribution in [2.75, 3.05) is 17.3 Å². The van der Waals surface area contributed by atoms with Crippen molar-refractivity contribution in [2.45, 2.75) is 25.7 Å². The van der Waals surface area contributed by atoms with Crippen LogP contribution in [0.3, 0.4) is 0 Å². The molecule has 0 atom stereocenters. The van der Waals surface area contributed by atoms with Gasteiger partial charge in [-0.05, 0) is 49.9 Å². The van der Waals surface area contributed by atoms with Crippen LogP contribution in [0.2, 0.25) is 0 Å². The Bertz CT molecular complexity index is 1010. The molecule has 2 aromatic carbocycles. The number of hydrogen-bond donors (Lipinski definition) is 1. The molecule has 1 aliphatic carbocycles. The van der Waals surface area contributed by atoms with Gasteiger partial charge in [-0.25, -0.2) is 0 Å². The minimum Gasteiger partial charge on any atom is -0.324 e. The fourth-order valence-corrected chi connectivity index (χ4v) is 4.10. The highest BCUT2D eigenvalue weighted by Gasteiger charge is 2.31. The van der Waals surface area contributed by atoms with E-state index in [1.54, 1.807) is 11.1 Å². The lowest BCUT2D eigenvalue weighted by molar-refractivity contribution is -0.126. The summed E-state index contributed by atoms with van der Waals surface area (Å²) < 4.78 is 0. The maximum Gasteiger partial charge on any atom is 0.229 e. The van der Waals surface area contributed by atoms with Crippen LogP contribution in [0.4, 0.5) is 11.4 Å². The summed E-state index contributed by atoms with van der Waals surface area (Å²) in [6.45, 7) is 0. The molecule has 5 heteroatoms. The number of carbonyl (C=O) groups excluding carboxylic acids is 2. The van der Waals surface area contributed by atoms with E-state index in [9.17, 15) is 9.59 Å². The van der Waals surface area contributed by atoms with Crippen molar-refractivity contribution in [1.82, 2.24) is 4.98 Å². The number of anilines is 2. The molecule has 3 aromatic rings. The molecule has 1 fully saturated rings. The number of nitrogens with zero attached hydrogens (tertiary/aromatic N) is 2. The first-order valence-corrected chi connectivity index (χ1v) is 10.1. The van der Waals surface area contributed by atoms with Gasteiger partial charge in [0.25, 0.3) is 0 Å². The fourth-order valence-electron chi connectivity index (χ4n) is 4.10. The lowest BCUT2D eigenvalue weighted by Gasteiger charge is -2.30. The van der Waals surface area contributed by atoms with Crippen molar-refractivity contribution in [2.24, 2.45) is 11.8 Å². The highest BCUT2D eigenvalue weighted by atomic mass is 16.2. The van der Waals surface area contributed by atoms with E-state index in [2.05, 4.69) is 10.3 Å². The van der Waals surface area contributed by atoms with E-state index in [4.69, 9.17) is 0 Å². The van der Waals surface area contributed by atoms with Crippen LogP contribution >= 0.6 is 0 Å². The first-order chi connectivity index (χ1) is 14.1. The van der Waals surface area contributed by atoms with E-state index in [1.807, 2.05) is 67.7 Å². The summed E-state index contributed by atoms with van der Waals surface area (Å²) >= 11 is 0. The summed E-state index contributed by atoms with van der Waals surface area (Å²) in [4.78, 5) is 31.8. The standard InChI is InChI=1S/C24H25N3O2/c1-27(20-9-3-2-4-10-20)24(29)19-14-12-18(13-15-19)23(28)26-21-11-5-7-17-8-6-16-25-22(17)21/h2-11,16,18-19H,12-15H2,1H3,(H,26,28). The summed E-state index contributed by atoms with van der Waals surface area (Å²) in [5.41, 5.74) is 2.45. The van der Waals surface area contributed by atoms with Crippen LogP contribution in [0, 0.1) is 11.8 Å². The predicted molar refractivity (Wildman–Crippen MR) is 116 cm³/mol. The van der Waals surface area contributed by atoms with Crippen LogP contribution in [0.1, 0.15) is 25.7 Å². The van der Waals surface area contributed by atoms with E-state index in [0.29, 0.717) is 0 Å². The maximum atomic E-state index is 12.8. The molecule has 0 aliphatic heterocycles. The molecule has 148 valence electrons. The van der Waals surface area contributed by atoms with E-state index >= 15 is 0 Å². The second kappa shape index (κ2) is 8.43. The second-order valence-corrected chi connectivity index (χ2v) is 7.65. The third kappa shape index (κ3) is 4.14. The monoisotopic (exact) mass is 387 g/mol. The average Bonchev–Trinajstić information content (AvgIpc) is 2.79. The molecule has 0 unspecified atom stereocenters. The molecule has 1 aliphatic rings. The third-order valence-corrected chi connectivity index (χ3v) is 5.81. The van der Waals surface area contributed by atoms with Crippen molar-refractivity contribution in [1.29, 1.82) is 0 Å². The molecule has 29 heavy (non-hydrogen) atoms. The lowest BCUT2D eigenvalue weighted by Crippen LogP contribution is -2.36. The number of amides is 2. The van der Waals surface area contributed by atoms with Gasteiger partial charge in [0.2, 0.25) is 11.8 Å². The molecular formula is C24H25N3O2. The number of para-hydroxylation sites is 2. The number of aromatic nitrogens is 1. The Labute approximate surface area is 170 Å². The van der Waals surface area contributed by atoms with E-state index in [1.165, 1.54) is 0 Å². The van der Waals surface area contributed by atoms with Gasteiger partial charge in [0.1, 0.15) is 0 Å². The smallest absolute Gasteiger partial charge is 0.229 e. The van der Waals surface area contributed by atoms with Crippen molar-refractivity contribution < 1.29 is 9.59 Å². The molecule has 1 heterocycles. The minimum absolute atomic E-state index is 0.0190. The summed E-state index contributed by atoms with van der Waals surface area (Å²) in [6, 6.07) is 19.4. The van der Waals surface area contributed by atoms with E-state index in [-0.39, 0.29) is 23.7 Å². The molecule has 0 saturated heterocycles. The Morgan fingerprint density at radius 2 is 1.59 bits per heavy atom. The zero-order chi connectivity index (χ0) is 20.2. The summed E-state index contributed by atoms with van der Waals surface area (Å²) in [7, 11) is 1.82. The normalized spacial score (nSPS) is 18.9. The zero-order valence-corrected chi connectivity index (χ0v) is 16.5. The Morgan fingerprint density at radius 3 is 2.34 bits per heavy atom. The lowest BCUT2D eigenvalue weighted by atomic mass is 9.81. The van der Waals surface area contributed by atoms with Gasteiger partial charge in [-0.1, -0.05) is 36.4 Å². The van der Waals surface area contributed by atoms with Crippen LogP contribution in [0.5, 0.6) is 0 Å². The Hall–Kier alpha value is -3.21. The average molecular weight is 387 g/mol. The van der Waals surface area contributed by atoms with Gasteiger partial charge in [0.15, 0.2) is 0 Å². The van der Waals surface area contributed by atoms with Gasteiger partial charge >= 0.3 is 0 Å². The van der Waals surface area contributed by atoms with Gasteiger partial charge in [0.05, 0.1) is 11.2 Å². The van der Waals surface area contributed by atoms with Crippen molar-refractivity contribution in [3.63, 3.8) is 0 Å². The second-order valence-electron chi connectivity index (χ2n) is 7.65. The molecule has 5 nitrogen and oxygen atoms in total. The molecule has 1 aromatic heterocycles. The number of pyridine rings is 1. The minimum atomic E-state index is -0.0694. The van der Waals surface area contributed by atoms with Gasteiger partial charge < -0.3 is 10.2 Å². The van der Waals surface area contributed by atoms with Crippen molar-refractivity contribution in [3.8, 4) is 0 Å². The van der Waals surface area contributed by atoms with Crippen LogP contribution in [0.15, 0.2) is 66.9 Å². The number of carbonyl (C=O) groups is 2. The zero-order valence-electron chi connectivity index (χ0n) is 16.5. The van der Waals surface area contributed by atoms with Crippen molar-refractivity contribution >= 4 is 34.1 Å². The Morgan fingerprint density at radius 1 is 0.897 bits per heavy atom. The number of rotatable bonds is 4. The first kappa shape index (κ1) is 19.1. The Balaban J connectivity index is 1.37. The molecule has 0 spiro atoms. The number of hydrogen-bond acceptors (Lipinski definition) is 3. The molecule has 1 saturated carbocycles. The summed E-state index contributed by atoms with van der Waals surface area (Å²) in [6.07, 6.45) is 4.66. The van der Waals surface area contributed by atoms with Gasteiger partial charge in [-0.3, -0.25) is 14.6 Å². The fraction of sp³-hybridized carbons (Fsp3) is 0.292. The van der Waals surface area contributed by atoms with E-state index < -0.39 is 0 Å². The van der Waals surface area contributed by atoms with Crippen LogP contribution < -0.4 is 10.2 Å². The first-order valence-electron chi connectivity index (χ1n) is 10.1. The number of nitrogens with one attached hydrogen (secondary N) is 1. The van der Waals surface area contributed by atoms with Gasteiger partial charge in [0, 0.05) is 36.2 Å².